The Kier molecular flexibility index (Phi) is 7.51. The zero-order valence-electron chi connectivity index (χ0n) is 11.8. The maximum Gasteiger partial charge on any atom is 0.239 e. The average Bonchev–Trinajstić information content (AvgIpc) is 2.40. The van der Waals surface area contributed by atoms with Gasteiger partial charge >= 0.3 is 0 Å². The summed E-state index contributed by atoms with van der Waals surface area (Å²) in [4.78, 5) is 13.9. The van der Waals surface area contributed by atoms with Crippen molar-refractivity contribution in [3.63, 3.8) is 0 Å². The van der Waals surface area contributed by atoms with E-state index >= 15 is 0 Å². The van der Waals surface area contributed by atoms with Gasteiger partial charge in [0.1, 0.15) is 6.04 Å². The number of nitrogens with two attached hydrogens (primary N) is 1. The molecule has 0 saturated heterocycles. The Labute approximate surface area is 133 Å². The molecule has 1 unspecified atom stereocenters. The molecule has 112 valence electrons. The third-order valence-electron chi connectivity index (χ3n) is 3.23. The first-order valence-corrected chi connectivity index (χ1v) is 7.86. The van der Waals surface area contributed by atoms with Gasteiger partial charge in [-0.2, -0.15) is 0 Å². The molecule has 0 fully saturated rings. The second-order valence-electron chi connectivity index (χ2n) is 4.48. The minimum Gasteiger partial charge on any atom is -0.368 e. The Hall–Kier alpha value is -0.620. The number of halogens is 2. The number of carbonyl (C=O) groups is 1. The second-order valence-corrected chi connectivity index (χ2v) is 5.77. The summed E-state index contributed by atoms with van der Waals surface area (Å²) in [5.41, 5.74) is 6.30. The van der Waals surface area contributed by atoms with E-state index in [0.29, 0.717) is 11.6 Å². The van der Waals surface area contributed by atoms with Gasteiger partial charge < -0.3 is 16.0 Å². The average molecular weight is 363 g/mol. The number of amides is 1. The van der Waals surface area contributed by atoms with Crippen LogP contribution in [0.2, 0.25) is 5.02 Å². The molecule has 0 radical (unpaired) electrons. The highest BCUT2D eigenvalue weighted by Crippen LogP contribution is 2.26. The molecule has 3 N–H and O–H groups in total. The van der Waals surface area contributed by atoms with Crippen molar-refractivity contribution in [3.8, 4) is 0 Å². The lowest BCUT2D eigenvalue weighted by atomic mass is 10.1. The second kappa shape index (κ2) is 8.62. The highest BCUT2D eigenvalue weighted by atomic mass is 79.9. The summed E-state index contributed by atoms with van der Waals surface area (Å²) in [7, 11) is 0. The van der Waals surface area contributed by atoms with Crippen LogP contribution in [-0.4, -0.2) is 37.0 Å². The largest absolute Gasteiger partial charge is 0.368 e. The molecule has 0 saturated carbocycles. The lowest BCUT2D eigenvalue weighted by molar-refractivity contribution is -0.120. The van der Waals surface area contributed by atoms with Crippen LogP contribution in [0.3, 0.4) is 0 Å². The first-order chi connectivity index (χ1) is 9.49. The molecule has 0 spiro atoms. The van der Waals surface area contributed by atoms with Crippen molar-refractivity contribution in [2.24, 2.45) is 5.73 Å². The molecule has 1 aromatic rings. The predicted octanol–water partition coefficient (Wildman–Crippen LogP) is 2.56. The van der Waals surface area contributed by atoms with Gasteiger partial charge in [-0.1, -0.05) is 47.4 Å². The van der Waals surface area contributed by atoms with E-state index in [9.17, 15) is 4.79 Å². The highest BCUT2D eigenvalue weighted by Gasteiger charge is 2.19. The monoisotopic (exact) mass is 361 g/mol. The fraction of sp³-hybridized carbons (Fsp3) is 0.500. The van der Waals surface area contributed by atoms with Crippen LogP contribution >= 0.6 is 27.5 Å². The van der Waals surface area contributed by atoms with E-state index in [4.69, 9.17) is 17.3 Å². The normalized spacial score (nSPS) is 12.7. The Morgan fingerprint density at radius 3 is 2.60 bits per heavy atom. The van der Waals surface area contributed by atoms with Gasteiger partial charge in [-0.05, 0) is 30.8 Å². The van der Waals surface area contributed by atoms with Gasteiger partial charge in [0.05, 0.1) is 0 Å². The van der Waals surface area contributed by atoms with Crippen LogP contribution in [0.4, 0.5) is 0 Å². The summed E-state index contributed by atoms with van der Waals surface area (Å²) in [5.74, 6) is -0.396. The fourth-order valence-electron chi connectivity index (χ4n) is 2.01. The summed E-state index contributed by atoms with van der Waals surface area (Å²) in [6, 6.07) is 4.81. The Morgan fingerprint density at radius 1 is 1.45 bits per heavy atom. The highest BCUT2D eigenvalue weighted by molar-refractivity contribution is 9.10. The van der Waals surface area contributed by atoms with Crippen LogP contribution in [0, 0.1) is 0 Å². The standard InChI is InChI=1S/C14H21BrClN3O/c1-3-19(4-2)8-7-18-13(14(17)20)11-6-5-10(16)9-12(11)15/h5-6,9,13,18H,3-4,7-8H2,1-2H3,(H2,17,20). The SMILES string of the molecule is CCN(CC)CCNC(C(N)=O)c1ccc(Cl)cc1Br. The van der Waals surface area contributed by atoms with E-state index < -0.39 is 11.9 Å². The van der Waals surface area contributed by atoms with Crippen LogP contribution in [0.15, 0.2) is 22.7 Å². The van der Waals surface area contributed by atoms with Gasteiger partial charge in [-0.3, -0.25) is 4.79 Å². The topological polar surface area (TPSA) is 58.4 Å². The van der Waals surface area contributed by atoms with Gasteiger partial charge in [-0.25, -0.2) is 0 Å². The molecular formula is C14H21BrClN3O. The lowest BCUT2D eigenvalue weighted by Gasteiger charge is -2.21. The van der Waals surface area contributed by atoms with Gasteiger partial charge in [-0.15, -0.1) is 0 Å². The Bertz CT molecular complexity index is 452. The molecule has 1 aromatic carbocycles. The van der Waals surface area contributed by atoms with E-state index in [-0.39, 0.29) is 0 Å². The molecule has 0 aromatic heterocycles. The zero-order valence-corrected chi connectivity index (χ0v) is 14.2. The van der Waals surface area contributed by atoms with Crippen LogP contribution in [0.1, 0.15) is 25.5 Å². The van der Waals surface area contributed by atoms with E-state index in [1.165, 1.54) is 0 Å². The minimum atomic E-state index is -0.516. The minimum absolute atomic E-state index is 0.396. The molecule has 0 aliphatic carbocycles. The first kappa shape index (κ1) is 17.4. The van der Waals surface area contributed by atoms with Gasteiger partial charge in [0, 0.05) is 22.6 Å². The molecule has 6 heteroatoms. The van der Waals surface area contributed by atoms with Crippen molar-refractivity contribution in [1.29, 1.82) is 0 Å². The van der Waals surface area contributed by atoms with Crippen LogP contribution < -0.4 is 11.1 Å². The van der Waals surface area contributed by atoms with E-state index in [2.05, 4.69) is 40.0 Å². The van der Waals surface area contributed by atoms with Crippen molar-refractivity contribution in [2.45, 2.75) is 19.9 Å². The number of carbonyl (C=O) groups excluding carboxylic acids is 1. The lowest BCUT2D eigenvalue weighted by Crippen LogP contribution is -2.39. The number of nitrogens with one attached hydrogen (secondary N) is 1. The molecule has 0 aliphatic heterocycles. The van der Waals surface area contributed by atoms with Crippen LogP contribution in [-0.2, 0) is 4.79 Å². The Balaban J connectivity index is 2.72. The van der Waals surface area contributed by atoms with Crippen molar-refractivity contribution in [1.82, 2.24) is 10.2 Å². The molecule has 0 bridgehead atoms. The first-order valence-electron chi connectivity index (χ1n) is 6.69. The van der Waals surface area contributed by atoms with Crippen LogP contribution in [0.25, 0.3) is 0 Å². The number of likely N-dealkylation sites (N-methyl/N-ethyl adjacent to an activating group) is 1. The van der Waals surface area contributed by atoms with Crippen molar-refractivity contribution in [3.05, 3.63) is 33.3 Å². The van der Waals surface area contributed by atoms with E-state index in [1.54, 1.807) is 12.1 Å². The van der Waals surface area contributed by atoms with Crippen molar-refractivity contribution < 1.29 is 4.79 Å². The number of primary amides is 1. The van der Waals surface area contributed by atoms with E-state index in [1.807, 2.05) is 6.07 Å². The van der Waals surface area contributed by atoms with Crippen LogP contribution in [0.5, 0.6) is 0 Å². The number of benzene rings is 1. The summed E-state index contributed by atoms with van der Waals surface area (Å²) >= 11 is 9.33. The number of hydrogen-bond donors (Lipinski definition) is 2. The molecule has 20 heavy (non-hydrogen) atoms. The quantitative estimate of drug-likeness (QED) is 0.747. The van der Waals surface area contributed by atoms with Gasteiger partial charge in [0.25, 0.3) is 0 Å². The third kappa shape index (κ3) is 5.05. The molecular weight excluding hydrogens is 342 g/mol. The van der Waals surface area contributed by atoms with Gasteiger partial charge in [0.2, 0.25) is 5.91 Å². The summed E-state index contributed by atoms with van der Waals surface area (Å²) in [5, 5.41) is 3.82. The summed E-state index contributed by atoms with van der Waals surface area (Å²) in [6.45, 7) is 7.79. The molecule has 0 aliphatic rings. The molecule has 1 amide bonds. The van der Waals surface area contributed by atoms with E-state index in [0.717, 1.165) is 29.7 Å². The molecule has 0 heterocycles. The van der Waals surface area contributed by atoms with Crippen molar-refractivity contribution in [2.75, 3.05) is 26.2 Å². The number of nitrogens with zero attached hydrogens (tertiary/aromatic N) is 1. The zero-order chi connectivity index (χ0) is 15.1. The predicted molar refractivity (Wildman–Crippen MR) is 86.9 cm³/mol. The van der Waals surface area contributed by atoms with Crippen molar-refractivity contribution >= 4 is 33.4 Å². The van der Waals surface area contributed by atoms with Gasteiger partial charge in [0.15, 0.2) is 0 Å². The third-order valence-corrected chi connectivity index (χ3v) is 4.15. The number of hydrogen-bond acceptors (Lipinski definition) is 3. The number of rotatable bonds is 8. The fourth-order valence-corrected chi connectivity index (χ4v) is 2.92. The maximum atomic E-state index is 11.6. The maximum absolute atomic E-state index is 11.6. The molecule has 4 nitrogen and oxygen atoms in total. The summed E-state index contributed by atoms with van der Waals surface area (Å²) in [6.07, 6.45) is 0. The Morgan fingerprint density at radius 2 is 2.10 bits per heavy atom. The summed E-state index contributed by atoms with van der Waals surface area (Å²) < 4.78 is 0.782. The molecule has 1 atom stereocenters. The smallest absolute Gasteiger partial charge is 0.239 e. The molecule has 1 rings (SSSR count).